The van der Waals surface area contributed by atoms with Crippen molar-refractivity contribution in [1.29, 1.82) is 0 Å². The van der Waals surface area contributed by atoms with Crippen LogP contribution >= 0.6 is 0 Å². The minimum absolute atomic E-state index is 0.396. The van der Waals surface area contributed by atoms with E-state index < -0.39 is 0 Å². The molecule has 1 aliphatic heterocycles. The first kappa shape index (κ1) is 9.40. The lowest BCUT2D eigenvalue weighted by molar-refractivity contribution is 0.755. The lowest BCUT2D eigenvalue weighted by Gasteiger charge is -2.26. The standard InChI is InChI=1S/C14H14N2/c1-11-7-8-13-14(9-11)16(10-15-13)12-5-3-2-4-6-12/h2-8,10,14H,9H2,1H3. The van der Waals surface area contributed by atoms with Crippen LogP contribution in [0.15, 0.2) is 58.7 Å². The summed E-state index contributed by atoms with van der Waals surface area (Å²) in [6.07, 6.45) is 7.31. The highest BCUT2D eigenvalue weighted by Gasteiger charge is 2.28. The Kier molecular flexibility index (Phi) is 2.13. The first-order chi connectivity index (χ1) is 7.84. The molecule has 0 saturated heterocycles. The van der Waals surface area contributed by atoms with Crippen LogP contribution in [0.3, 0.4) is 0 Å². The maximum atomic E-state index is 4.47. The number of aliphatic imine (C=N–C) groups is 1. The average molecular weight is 210 g/mol. The minimum atomic E-state index is 0.396. The van der Waals surface area contributed by atoms with E-state index in [4.69, 9.17) is 0 Å². The third kappa shape index (κ3) is 1.47. The normalized spacial score (nSPS) is 22.8. The minimum Gasteiger partial charge on any atom is -0.323 e. The fourth-order valence-corrected chi connectivity index (χ4v) is 2.24. The second-order valence-electron chi connectivity index (χ2n) is 4.31. The molecule has 2 nitrogen and oxygen atoms in total. The molecule has 3 rings (SSSR count). The van der Waals surface area contributed by atoms with Gasteiger partial charge in [-0.15, -0.1) is 0 Å². The molecule has 0 bridgehead atoms. The molecule has 1 aromatic carbocycles. The molecule has 0 amide bonds. The second kappa shape index (κ2) is 3.63. The summed E-state index contributed by atoms with van der Waals surface area (Å²) < 4.78 is 0. The molecule has 1 unspecified atom stereocenters. The monoisotopic (exact) mass is 210 g/mol. The molecule has 0 spiro atoms. The Morgan fingerprint density at radius 1 is 1.19 bits per heavy atom. The van der Waals surface area contributed by atoms with Gasteiger partial charge < -0.3 is 4.90 Å². The van der Waals surface area contributed by atoms with Crippen molar-refractivity contribution in [2.45, 2.75) is 19.4 Å². The van der Waals surface area contributed by atoms with Gasteiger partial charge in [-0.1, -0.05) is 29.8 Å². The number of hydrogen-bond acceptors (Lipinski definition) is 2. The highest BCUT2D eigenvalue weighted by atomic mass is 15.2. The molecule has 0 saturated carbocycles. The molecule has 16 heavy (non-hydrogen) atoms. The molecule has 2 heteroatoms. The molecule has 1 aromatic rings. The number of nitrogens with zero attached hydrogens (tertiary/aromatic N) is 2. The van der Waals surface area contributed by atoms with Crippen LogP contribution in [0.5, 0.6) is 0 Å². The zero-order valence-corrected chi connectivity index (χ0v) is 9.30. The number of rotatable bonds is 1. The summed E-state index contributed by atoms with van der Waals surface area (Å²) >= 11 is 0. The number of hydrogen-bond donors (Lipinski definition) is 0. The number of benzene rings is 1. The van der Waals surface area contributed by atoms with E-state index in [9.17, 15) is 0 Å². The van der Waals surface area contributed by atoms with E-state index in [0.717, 1.165) is 6.42 Å². The number of para-hydroxylation sites is 1. The Morgan fingerprint density at radius 3 is 2.81 bits per heavy atom. The SMILES string of the molecule is CC1=CC=C2N=CN(c3ccccc3)C2C1. The van der Waals surface area contributed by atoms with Crippen LogP contribution in [0.2, 0.25) is 0 Å². The van der Waals surface area contributed by atoms with Crippen molar-refractivity contribution in [2.75, 3.05) is 4.90 Å². The van der Waals surface area contributed by atoms with Crippen LogP contribution in [0.4, 0.5) is 5.69 Å². The predicted molar refractivity (Wildman–Crippen MR) is 67.7 cm³/mol. The zero-order chi connectivity index (χ0) is 11.0. The Labute approximate surface area is 95.6 Å². The van der Waals surface area contributed by atoms with Gasteiger partial charge in [0.05, 0.1) is 18.1 Å². The van der Waals surface area contributed by atoms with Crippen LogP contribution in [-0.2, 0) is 0 Å². The third-order valence-electron chi connectivity index (χ3n) is 3.12. The quantitative estimate of drug-likeness (QED) is 0.695. The topological polar surface area (TPSA) is 15.6 Å². The van der Waals surface area contributed by atoms with Gasteiger partial charge in [-0.2, -0.15) is 0 Å². The van der Waals surface area contributed by atoms with Crippen LogP contribution in [0, 0.1) is 0 Å². The fraction of sp³-hybridized carbons (Fsp3) is 0.214. The Hall–Kier alpha value is -1.83. The highest BCUT2D eigenvalue weighted by molar-refractivity contribution is 5.85. The lowest BCUT2D eigenvalue weighted by Crippen LogP contribution is -2.31. The van der Waals surface area contributed by atoms with Gasteiger partial charge in [-0.05, 0) is 31.6 Å². The second-order valence-corrected chi connectivity index (χ2v) is 4.31. The third-order valence-corrected chi connectivity index (χ3v) is 3.12. The van der Waals surface area contributed by atoms with Crippen molar-refractivity contribution in [3.05, 3.63) is 53.8 Å². The van der Waals surface area contributed by atoms with Crippen LogP contribution in [0.25, 0.3) is 0 Å². The Bertz CT molecular complexity index is 483. The van der Waals surface area contributed by atoms with E-state index in [1.165, 1.54) is 17.0 Å². The van der Waals surface area contributed by atoms with Gasteiger partial charge >= 0.3 is 0 Å². The molecule has 0 aromatic heterocycles. The maximum absolute atomic E-state index is 4.47. The first-order valence-electron chi connectivity index (χ1n) is 5.59. The van der Waals surface area contributed by atoms with Gasteiger partial charge in [-0.25, -0.2) is 4.99 Å². The zero-order valence-electron chi connectivity index (χ0n) is 9.30. The summed E-state index contributed by atoms with van der Waals surface area (Å²) in [7, 11) is 0. The van der Waals surface area contributed by atoms with Crippen molar-refractivity contribution in [3.8, 4) is 0 Å². The van der Waals surface area contributed by atoms with Crippen molar-refractivity contribution in [3.63, 3.8) is 0 Å². The van der Waals surface area contributed by atoms with Crippen molar-refractivity contribution in [2.24, 2.45) is 4.99 Å². The molecular weight excluding hydrogens is 196 g/mol. The van der Waals surface area contributed by atoms with Gasteiger partial charge in [0.15, 0.2) is 0 Å². The van der Waals surface area contributed by atoms with E-state index in [-0.39, 0.29) is 0 Å². The van der Waals surface area contributed by atoms with E-state index in [1.807, 2.05) is 12.4 Å². The van der Waals surface area contributed by atoms with Crippen LogP contribution < -0.4 is 4.90 Å². The smallest absolute Gasteiger partial charge is 0.0960 e. The van der Waals surface area contributed by atoms with Crippen LogP contribution in [-0.4, -0.2) is 12.4 Å². The lowest BCUT2D eigenvalue weighted by atomic mass is 9.98. The Morgan fingerprint density at radius 2 is 2.00 bits per heavy atom. The van der Waals surface area contributed by atoms with E-state index in [1.54, 1.807) is 0 Å². The van der Waals surface area contributed by atoms with E-state index in [2.05, 4.69) is 53.2 Å². The van der Waals surface area contributed by atoms with Gasteiger partial charge in [0.2, 0.25) is 0 Å². The van der Waals surface area contributed by atoms with Gasteiger partial charge in [0, 0.05) is 5.69 Å². The van der Waals surface area contributed by atoms with E-state index in [0.29, 0.717) is 6.04 Å². The molecule has 80 valence electrons. The summed E-state index contributed by atoms with van der Waals surface area (Å²) in [4.78, 5) is 6.72. The van der Waals surface area contributed by atoms with Gasteiger partial charge in [0.1, 0.15) is 0 Å². The number of allylic oxidation sites excluding steroid dienone is 2. The molecule has 0 radical (unpaired) electrons. The summed E-state index contributed by atoms with van der Waals surface area (Å²) in [6.45, 7) is 2.18. The van der Waals surface area contributed by atoms with Crippen molar-refractivity contribution >= 4 is 12.0 Å². The summed E-state index contributed by atoms with van der Waals surface area (Å²) in [5.41, 5.74) is 3.81. The molecular formula is C14H14N2. The summed E-state index contributed by atoms with van der Waals surface area (Å²) in [6, 6.07) is 10.8. The summed E-state index contributed by atoms with van der Waals surface area (Å²) in [5.74, 6) is 0. The average Bonchev–Trinajstić information content (AvgIpc) is 2.73. The largest absolute Gasteiger partial charge is 0.323 e. The number of anilines is 1. The van der Waals surface area contributed by atoms with Crippen molar-refractivity contribution < 1.29 is 0 Å². The summed E-state index contributed by atoms with van der Waals surface area (Å²) in [5, 5.41) is 0. The van der Waals surface area contributed by atoms with Crippen molar-refractivity contribution in [1.82, 2.24) is 0 Å². The predicted octanol–water partition coefficient (Wildman–Crippen LogP) is 3.14. The molecule has 0 fully saturated rings. The first-order valence-corrected chi connectivity index (χ1v) is 5.59. The van der Waals surface area contributed by atoms with Gasteiger partial charge in [-0.3, -0.25) is 0 Å². The highest BCUT2D eigenvalue weighted by Crippen LogP contribution is 2.31. The van der Waals surface area contributed by atoms with Gasteiger partial charge in [0.25, 0.3) is 0 Å². The molecule has 0 N–H and O–H groups in total. The molecule has 1 atom stereocenters. The molecule has 2 aliphatic rings. The molecule has 1 heterocycles. The van der Waals surface area contributed by atoms with E-state index >= 15 is 0 Å². The number of fused-ring (bicyclic) bond motifs is 1. The maximum Gasteiger partial charge on any atom is 0.0960 e. The Balaban J connectivity index is 1.94. The fourth-order valence-electron chi connectivity index (χ4n) is 2.24. The molecule has 1 aliphatic carbocycles. The van der Waals surface area contributed by atoms with Crippen LogP contribution in [0.1, 0.15) is 13.3 Å².